The summed E-state index contributed by atoms with van der Waals surface area (Å²) in [5, 5.41) is 9.33. The third-order valence-corrected chi connectivity index (χ3v) is 5.52. The second-order valence-electron chi connectivity index (χ2n) is 6.87. The van der Waals surface area contributed by atoms with Crippen molar-refractivity contribution in [3.05, 3.63) is 6.20 Å². The SMILES string of the molecule is CCCCC(=O)NCCn1ncc2c(N3CCCCC3)nc(SCC)nc21. The molecule has 148 valence electrons. The topological polar surface area (TPSA) is 75.9 Å². The van der Waals surface area contributed by atoms with Gasteiger partial charge in [-0.25, -0.2) is 14.6 Å². The summed E-state index contributed by atoms with van der Waals surface area (Å²) in [6.45, 7) is 7.48. The van der Waals surface area contributed by atoms with Crippen molar-refractivity contribution in [1.29, 1.82) is 0 Å². The number of thioether (sulfide) groups is 1. The summed E-state index contributed by atoms with van der Waals surface area (Å²) < 4.78 is 1.89. The molecule has 1 aliphatic rings. The Labute approximate surface area is 165 Å². The molecule has 1 aliphatic heterocycles. The van der Waals surface area contributed by atoms with Crippen molar-refractivity contribution >= 4 is 34.5 Å². The van der Waals surface area contributed by atoms with E-state index < -0.39 is 0 Å². The molecule has 1 amide bonds. The van der Waals surface area contributed by atoms with Crippen LogP contribution in [0.25, 0.3) is 11.0 Å². The number of carbonyl (C=O) groups is 1. The van der Waals surface area contributed by atoms with Crippen LogP contribution in [-0.2, 0) is 11.3 Å². The lowest BCUT2D eigenvalue weighted by Gasteiger charge is -2.28. The molecule has 2 aromatic heterocycles. The quantitative estimate of drug-likeness (QED) is 0.523. The first-order valence-electron chi connectivity index (χ1n) is 10.1. The number of hydrogen-bond donors (Lipinski definition) is 1. The van der Waals surface area contributed by atoms with Crippen molar-refractivity contribution in [2.45, 2.75) is 64.1 Å². The molecule has 1 N–H and O–H groups in total. The second kappa shape index (κ2) is 9.92. The van der Waals surface area contributed by atoms with Gasteiger partial charge >= 0.3 is 0 Å². The molecule has 0 aliphatic carbocycles. The Kier molecular flexibility index (Phi) is 7.32. The highest BCUT2D eigenvalue weighted by Crippen LogP contribution is 2.29. The van der Waals surface area contributed by atoms with Crippen LogP contribution in [0.4, 0.5) is 5.82 Å². The monoisotopic (exact) mass is 390 g/mol. The molecule has 8 heteroatoms. The highest BCUT2D eigenvalue weighted by atomic mass is 32.2. The maximum Gasteiger partial charge on any atom is 0.220 e. The Balaban J connectivity index is 1.78. The highest BCUT2D eigenvalue weighted by Gasteiger charge is 2.19. The fourth-order valence-corrected chi connectivity index (χ4v) is 3.91. The first-order chi connectivity index (χ1) is 13.2. The standard InChI is InChI=1S/C19H30N6OS/c1-3-5-9-16(26)20-10-13-25-18-15(14-21-25)17(22-19(23-18)27-4-2)24-11-7-6-8-12-24/h14H,3-13H2,1-2H3,(H,20,26). The van der Waals surface area contributed by atoms with Crippen LogP contribution in [-0.4, -0.2) is 51.0 Å². The van der Waals surface area contributed by atoms with E-state index in [-0.39, 0.29) is 5.91 Å². The maximum atomic E-state index is 11.8. The molecule has 0 saturated carbocycles. The molecule has 0 radical (unpaired) electrons. The van der Waals surface area contributed by atoms with Crippen molar-refractivity contribution in [2.24, 2.45) is 0 Å². The summed E-state index contributed by atoms with van der Waals surface area (Å²) in [5.74, 6) is 2.06. The largest absolute Gasteiger partial charge is 0.356 e. The van der Waals surface area contributed by atoms with Crippen LogP contribution in [0.1, 0.15) is 52.4 Å². The summed E-state index contributed by atoms with van der Waals surface area (Å²) in [4.78, 5) is 23.7. The number of anilines is 1. The number of aromatic nitrogens is 4. The maximum absolute atomic E-state index is 11.8. The minimum absolute atomic E-state index is 0.110. The van der Waals surface area contributed by atoms with Gasteiger partial charge in [-0.2, -0.15) is 5.10 Å². The lowest BCUT2D eigenvalue weighted by Crippen LogP contribution is -2.30. The molecule has 0 bridgehead atoms. The fraction of sp³-hybridized carbons (Fsp3) is 0.684. The van der Waals surface area contributed by atoms with E-state index in [1.807, 2.05) is 10.9 Å². The van der Waals surface area contributed by atoms with Crippen LogP contribution in [0.3, 0.4) is 0 Å². The van der Waals surface area contributed by atoms with Gasteiger partial charge < -0.3 is 10.2 Å². The minimum atomic E-state index is 0.110. The Morgan fingerprint density at radius 1 is 1.22 bits per heavy atom. The van der Waals surface area contributed by atoms with Gasteiger partial charge in [0.25, 0.3) is 0 Å². The number of amides is 1. The number of hydrogen-bond acceptors (Lipinski definition) is 6. The minimum Gasteiger partial charge on any atom is -0.356 e. The van der Waals surface area contributed by atoms with E-state index in [2.05, 4.69) is 29.2 Å². The summed E-state index contributed by atoms with van der Waals surface area (Å²) in [5.41, 5.74) is 0.865. The number of piperidine rings is 1. The van der Waals surface area contributed by atoms with Gasteiger partial charge in [-0.1, -0.05) is 32.0 Å². The van der Waals surface area contributed by atoms with E-state index in [0.717, 1.165) is 53.7 Å². The summed E-state index contributed by atoms with van der Waals surface area (Å²) >= 11 is 1.66. The molecule has 1 saturated heterocycles. The van der Waals surface area contributed by atoms with Gasteiger partial charge in [-0.05, 0) is 31.4 Å². The van der Waals surface area contributed by atoms with E-state index in [4.69, 9.17) is 9.97 Å². The Morgan fingerprint density at radius 2 is 2.04 bits per heavy atom. The van der Waals surface area contributed by atoms with Gasteiger partial charge in [0.2, 0.25) is 5.91 Å². The zero-order chi connectivity index (χ0) is 19.1. The smallest absolute Gasteiger partial charge is 0.220 e. The zero-order valence-corrected chi connectivity index (χ0v) is 17.2. The van der Waals surface area contributed by atoms with Crippen molar-refractivity contribution in [3.63, 3.8) is 0 Å². The van der Waals surface area contributed by atoms with Crippen molar-refractivity contribution < 1.29 is 4.79 Å². The number of nitrogens with zero attached hydrogens (tertiary/aromatic N) is 5. The van der Waals surface area contributed by atoms with E-state index in [9.17, 15) is 4.79 Å². The summed E-state index contributed by atoms with van der Waals surface area (Å²) in [6.07, 6.45) is 8.14. The molecule has 3 rings (SSSR count). The van der Waals surface area contributed by atoms with Crippen molar-refractivity contribution in [3.8, 4) is 0 Å². The highest BCUT2D eigenvalue weighted by molar-refractivity contribution is 7.99. The van der Waals surface area contributed by atoms with Crippen molar-refractivity contribution in [2.75, 3.05) is 30.3 Å². The number of unbranched alkanes of at least 4 members (excludes halogenated alkanes) is 1. The van der Waals surface area contributed by atoms with E-state index >= 15 is 0 Å². The molecule has 0 spiro atoms. The normalized spacial score (nSPS) is 14.7. The van der Waals surface area contributed by atoms with Gasteiger partial charge in [0.05, 0.1) is 18.1 Å². The molecule has 0 unspecified atom stereocenters. The lowest BCUT2D eigenvalue weighted by atomic mass is 10.1. The molecule has 3 heterocycles. The molecule has 7 nitrogen and oxygen atoms in total. The van der Waals surface area contributed by atoms with Crippen LogP contribution < -0.4 is 10.2 Å². The predicted molar refractivity (Wildman–Crippen MR) is 110 cm³/mol. The number of fused-ring (bicyclic) bond motifs is 1. The molecular weight excluding hydrogens is 360 g/mol. The average Bonchev–Trinajstić information content (AvgIpc) is 3.10. The van der Waals surface area contributed by atoms with E-state index in [1.54, 1.807) is 11.8 Å². The Bertz CT molecular complexity index is 756. The van der Waals surface area contributed by atoms with Crippen LogP contribution in [0.2, 0.25) is 0 Å². The van der Waals surface area contributed by atoms with Crippen LogP contribution in [0.15, 0.2) is 11.4 Å². The van der Waals surface area contributed by atoms with Gasteiger partial charge in [0, 0.05) is 26.1 Å². The fourth-order valence-electron chi connectivity index (χ4n) is 3.35. The van der Waals surface area contributed by atoms with E-state index in [1.165, 1.54) is 19.3 Å². The van der Waals surface area contributed by atoms with Gasteiger partial charge in [-0.15, -0.1) is 0 Å². The number of carbonyl (C=O) groups excluding carboxylic acids is 1. The molecule has 2 aromatic rings. The third kappa shape index (κ3) is 5.12. The number of rotatable bonds is 9. The predicted octanol–water partition coefficient (Wildman–Crippen LogP) is 3.24. The molecule has 27 heavy (non-hydrogen) atoms. The molecular formula is C19H30N6OS. The van der Waals surface area contributed by atoms with E-state index in [0.29, 0.717) is 19.5 Å². The van der Waals surface area contributed by atoms with Gasteiger partial charge in [-0.3, -0.25) is 4.79 Å². The lowest BCUT2D eigenvalue weighted by molar-refractivity contribution is -0.121. The first-order valence-corrected chi connectivity index (χ1v) is 11.1. The molecule has 0 aromatic carbocycles. The van der Waals surface area contributed by atoms with Gasteiger partial charge in [0.15, 0.2) is 10.8 Å². The molecule has 1 fully saturated rings. The first kappa shape index (κ1) is 19.9. The zero-order valence-electron chi connectivity index (χ0n) is 16.4. The number of nitrogens with one attached hydrogen (secondary N) is 1. The Morgan fingerprint density at radius 3 is 2.78 bits per heavy atom. The Hall–Kier alpha value is -1.83. The average molecular weight is 391 g/mol. The summed E-state index contributed by atoms with van der Waals surface area (Å²) in [6, 6.07) is 0. The van der Waals surface area contributed by atoms with Gasteiger partial charge in [0.1, 0.15) is 5.82 Å². The third-order valence-electron chi connectivity index (χ3n) is 4.79. The van der Waals surface area contributed by atoms with Crippen molar-refractivity contribution in [1.82, 2.24) is 25.1 Å². The van der Waals surface area contributed by atoms with Crippen LogP contribution >= 0.6 is 11.8 Å². The van der Waals surface area contributed by atoms with Crippen LogP contribution in [0, 0.1) is 0 Å². The molecule has 0 atom stereocenters. The van der Waals surface area contributed by atoms with Crippen LogP contribution in [0.5, 0.6) is 0 Å². The second-order valence-corrected chi connectivity index (χ2v) is 8.10. The summed E-state index contributed by atoms with van der Waals surface area (Å²) in [7, 11) is 0.